The Balaban J connectivity index is 1.75. The molecule has 0 spiro atoms. The molecule has 2 aromatic rings. The Morgan fingerprint density at radius 1 is 1.17 bits per heavy atom. The highest BCUT2D eigenvalue weighted by Crippen LogP contribution is 2.51. The van der Waals surface area contributed by atoms with E-state index in [2.05, 4.69) is 50.7 Å². The molecule has 6 heteroatoms. The molecule has 0 radical (unpaired) electrons. The molecule has 3 heterocycles. The van der Waals surface area contributed by atoms with Crippen molar-refractivity contribution in [3.8, 4) is 11.5 Å². The maximum Gasteiger partial charge on any atom is 0.231 e. The summed E-state index contributed by atoms with van der Waals surface area (Å²) >= 11 is 0. The van der Waals surface area contributed by atoms with Crippen LogP contribution in [0.15, 0.2) is 29.5 Å². The first-order valence-corrected chi connectivity index (χ1v) is 10.6. The number of allylic oxidation sites excluding steroid dienone is 2. The SMILES string of the molecule is Cc1nn(C(C)(C)C)c2c1[C@@H](c1ccc3c(c1)OCO3)C1=C(CC(C)(C)CC1=O)N2. The number of aromatic nitrogens is 2. The van der Waals surface area contributed by atoms with E-state index in [1.54, 1.807) is 0 Å². The van der Waals surface area contributed by atoms with Gasteiger partial charge in [-0.15, -0.1) is 0 Å². The summed E-state index contributed by atoms with van der Waals surface area (Å²) in [6.07, 6.45) is 1.39. The van der Waals surface area contributed by atoms with Crippen molar-refractivity contribution in [2.24, 2.45) is 5.41 Å². The van der Waals surface area contributed by atoms with Crippen LogP contribution in [-0.4, -0.2) is 22.4 Å². The number of ketones is 1. The highest BCUT2D eigenvalue weighted by Gasteiger charge is 2.43. The molecule has 6 nitrogen and oxygen atoms in total. The van der Waals surface area contributed by atoms with Crippen LogP contribution < -0.4 is 14.8 Å². The predicted molar refractivity (Wildman–Crippen MR) is 115 cm³/mol. The van der Waals surface area contributed by atoms with E-state index in [0.717, 1.165) is 51.8 Å². The number of aryl methyl sites for hydroxylation is 1. The van der Waals surface area contributed by atoms with Gasteiger partial charge in [0.1, 0.15) is 5.82 Å². The Hall–Kier alpha value is -2.76. The van der Waals surface area contributed by atoms with Gasteiger partial charge in [0.15, 0.2) is 17.3 Å². The smallest absolute Gasteiger partial charge is 0.231 e. The molecule has 1 aromatic carbocycles. The van der Waals surface area contributed by atoms with Crippen LogP contribution in [0.3, 0.4) is 0 Å². The van der Waals surface area contributed by atoms with Crippen molar-refractivity contribution in [2.75, 3.05) is 12.1 Å². The number of nitrogens with zero attached hydrogens (tertiary/aromatic N) is 2. The van der Waals surface area contributed by atoms with E-state index < -0.39 is 0 Å². The number of carbonyl (C=O) groups is 1. The van der Waals surface area contributed by atoms with E-state index in [-0.39, 0.29) is 29.4 Å². The van der Waals surface area contributed by atoms with Gasteiger partial charge in [0.05, 0.1) is 11.2 Å². The van der Waals surface area contributed by atoms with Gasteiger partial charge in [0, 0.05) is 29.2 Å². The minimum absolute atomic E-state index is 0.0680. The summed E-state index contributed by atoms with van der Waals surface area (Å²) in [5.74, 6) is 2.53. The van der Waals surface area contributed by atoms with Crippen LogP contribution in [0, 0.1) is 12.3 Å². The molecule has 0 unspecified atom stereocenters. The molecule has 0 fully saturated rings. The monoisotopic (exact) mass is 407 g/mol. The summed E-state index contributed by atoms with van der Waals surface area (Å²) in [4.78, 5) is 13.4. The van der Waals surface area contributed by atoms with Crippen molar-refractivity contribution in [3.05, 3.63) is 46.3 Å². The van der Waals surface area contributed by atoms with Gasteiger partial charge >= 0.3 is 0 Å². The summed E-state index contributed by atoms with van der Waals surface area (Å²) in [6, 6.07) is 6.02. The van der Waals surface area contributed by atoms with Gasteiger partial charge in [-0.2, -0.15) is 5.10 Å². The molecule has 5 rings (SSSR count). The van der Waals surface area contributed by atoms with Gasteiger partial charge in [0.25, 0.3) is 0 Å². The van der Waals surface area contributed by atoms with E-state index >= 15 is 0 Å². The van der Waals surface area contributed by atoms with Gasteiger partial charge < -0.3 is 14.8 Å². The molecular weight excluding hydrogens is 378 g/mol. The Morgan fingerprint density at radius 2 is 1.90 bits per heavy atom. The number of hydrogen-bond acceptors (Lipinski definition) is 5. The topological polar surface area (TPSA) is 65.4 Å². The van der Waals surface area contributed by atoms with Crippen molar-refractivity contribution < 1.29 is 14.3 Å². The number of carbonyl (C=O) groups excluding carboxylic acids is 1. The second kappa shape index (κ2) is 6.13. The van der Waals surface area contributed by atoms with Crippen molar-refractivity contribution >= 4 is 11.6 Å². The summed E-state index contributed by atoms with van der Waals surface area (Å²) in [6.45, 7) is 13.0. The maximum absolute atomic E-state index is 13.4. The summed E-state index contributed by atoms with van der Waals surface area (Å²) in [7, 11) is 0. The molecule has 0 saturated carbocycles. The van der Waals surface area contributed by atoms with Crippen LogP contribution >= 0.6 is 0 Å². The second-order valence-corrected chi connectivity index (χ2v) is 10.4. The molecule has 0 amide bonds. The lowest BCUT2D eigenvalue weighted by molar-refractivity contribution is -0.118. The van der Waals surface area contributed by atoms with Crippen molar-refractivity contribution in [1.29, 1.82) is 0 Å². The number of Topliss-reactive ketones (excluding diaryl/α,β-unsaturated/α-hetero) is 1. The maximum atomic E-state index is 13.4. The molecule has 2 aliphatic heterocycles. The van der Waals surface area contributed by atoms with E-state index in [1.165, 1.54) is 0 Å². The van der Waals surface area contributed by atoms with Crippen molar-refractivity contribution in [2.45, 2.75) is 65.8 Å². The zero-order valence-corrected chi connectivity index (χ0v) is 18.5. The molecule has 158 valence electrons. The number of ether oxygens (including phenoxy) is 2. The third-order valence-electron chi connectivity index (χ3n) is 6.24. The van der Waals surface area contributed by atoms with E-state index in [4.69, 9.17) is 14.6 Å². The number of rotatable bonds is 1. The molecule has 30 heavy (non-hydrogen) atoms. The van der Waals surface area contributed by atoms with Crippen molar-refractivity contribution in [1.82, 2.24) is 9.78 Å². The number of benzene rings is 1. The molecule has 1 aliphatic carbocycles. The molecule has 1 N–H and O–H groups in total. The molecule has 0 saturated heterocycles. The molecule has 3 aliphatic rings. The van der Waals surface area contributed by atoms with Crippen LogP contribution in [0.2, 0.25) is 0 Å². The fourth-order valence-corrected chi connectivity index (χ4v) is 4.99. The van der Waals surface area contributed by atoms with Crippen molar-refractivity contribution in [3.63, 3.8) is 0 Å². The first-order valence-electron chi connectivity index (χ1n) is 10.6. The summed E-state index contributed by atoms with van der Waals surface area (Å²) in [5.41, 5.74) is 4.71. The fourth-order valence-electron chi connectivity index (χ4n) is 4.99. The summed E-state index contributed by atoms with van der Waals surface area (Å²) in [5, 5.41) is 8.53. The van der Waals surface area contributed by atoms with Crippen LogP contribution in [0.1, 0.15) is 70.2 Å². The largest absolute Gasteiger partial charge is 0.454 e. The van der Waals surface area contributed by atoms with Crippen LogP contribution in [0.5, 0.6) is 11.5 Å². The Labute approximate surface area is 177 Å². The first kappa shape index (κ1) is 19.2. The minimum atomic E-state index is -0.183. The summed E-state index contributed by atoms with van der Waals surface area (Å²) < 4.78 is 13.2. The fraction of sp³-hybridized carbons (Fsp3) is 0.500. The number of hydrogen-bond donors (Lipinski definition) is 1. The Bertz CT molecular complexity index is 1100. The average Bonchev–Trinajstić information content (AvgIpc) is 3.22. The normalized spacial score (nSPS) is 21.9. The van der Waals surface area contributed by atoms with E-state index in [0.29, 0.717) is 6.42 Å². The van der Waals surface area contributed by atoms with Gasteiger partial charge in [-0.1, -0.05) is 19.9 Å². The first-order chi connectivity index (χ1) is 14.0. The molecule has 1 aromatic heterocycles. The van der Waals surface area contributed by atoms with Gasteiger partial charge in [0.2, 0.25) is 6.79 Å². The molecule has 0 bridgehead atoms. The second-order valence-electron chi connectivity index (χ2n) is 10.4. The average molecular weight is 408 g/mol. The van der Waals surface area contributed by atoms with Crippen LogP contribution in [0.4, 0.5) is 5.82 Å². The van der Waals surface area contributed by atoms with Crippen LogP contribution in [-0.2, 0) is 10.3 Å². The third kappa shape index (κ3) is 2.84. The van der Waals surface area contributed by atoms with Gasteiger partial charge in [-0.25, -0.2) is 4.68 Å². The zero-order chi connectivity index (χ0) is 21.4. The third-order valence-corrected chi connectivity index (χ3v) is 6.24. The lowest BCUT2D eigenvalue weighted by atomic mass is 9.69. The Morgan fingerprint density at radius 3 is 2.63 bits per heavy atom. The van der Waals surface area contributed by atoms with E-state index in [9.17, 15) is 4.79 Å². The number of nitrogens with one attached hydrogen (secondary N) is 1. The lowest BCUT2D eigenvalue weighted by Gasteiger charge is -2.39. The number of anilines is 1. The van der Waals surface area contributed by atoms with E-state index in [1.807, 2.05) is 19.1 Å². The highest BCUT2D eigenvalue weighted by atomic mass is 16.7. The number of fused-ring (bicyclic) bond motifs is 2. The van der Waals surface area contributed by atoms with Gasteiger partial charge in [-0.3, -0.25) is 4.79 Å². The predicted octanol–water partition coefficient (Wildman–Crippen LogP) is 4.88. The quantitative estimate of drug-likeness (QED) is 0.730. The lowest BCUT2D eigenvalue weighted by Crippen LogP contribution is -2.35. The molecule has 1 atom stereocenters. The Kier molecular flexibility index (Phi) is 3.92. The highest BCUT2D eigenvalue weighted by molar-refractivity contribution is 6.01. The molecular formula is C24H29N3O3. The standard InChI is InChI=1S/C24H29N3O3/c1-13-19-20(14-7-8-17-18(9-14)30-12-29-17)21-15(10-24(5,6)11-16(21)28)25-22(19)27(26-13)23(2,3)4/h7-9,20,25H,10-12H2,1-6H3/t20-/m1/s1. The zero-order valence-electron chi connectivity index (χ0n) is 18.5. The van der Waals surface area contributed by atoms with Gasteiger partial charge in [-0.05, 0) is 57.2 Å². The van der Waals surface area contributed by atoms with Crippen LogP contribution in [0.25, 0.3) is 0 Å². The minimum Gasteiger partial charge on any atom is -0.454 e.